The Morgan fingerprint density at radius 3 is 2.74 bits per heavy atom. The van der Waals surface area contributed by atoms with Crippen LogP contribution < -0.4 is 15.4 Å². The fraction of sp³-hybridized carbons (Fsp3) is 0.500. The van der Waals surface area contributed by atoms with Crippen LogP contribution in [0.2, 0.25) is 0 Å². The number of nitrogens with two attached hydrogens (primary N) is 1. The van der Waals surface area contributed by atoms with Crippen LogP contribution in [0.3, 0.4) is 0 Å². The van der Waals surface area contributed by atoms with Crippen LogP contribution in [0.4, 0.5) is 24.5 Å². The van der Waals surface area contributed by atoms with Crippen LogP contribution in [0.5, 0.6) is 5.75 Å². The Kier molecular flexibility index (Phi) is 3.75. The van der Waals surface area contributed by atoms with Crippen LogP contribution in [-0.2, 0) is 4.74 Å². The molecule has 1 aliphatic rings. The fourth-order valence-electron chi connectivity index (χ4n) is 2.05. The first-order valence-electron chi connectivity index (χ1n) is 5.87. The number of nitrogen functional groups attached to an aromatic ring is 1. The molecule has 1 aromatic carbocycles. The second kappa shape index (κ2) is 5.16. The molecule has 2 N–H and O–H groups in total. The molecule has 7 heteroatoms. The highest BCUT2D eigenvalue weighted by atomic mass is 19.4. The monoisotopic (exact) mass is 276 g/mol. The Labute approximate surface area is 108 Å². The Bertz CT molecular complexity index is 451. The first-order chi connectivity index (χ1) is 8.85. The molecule has 0 bridgehead atoms. The van der Waals surface area contributed by atoms with E-state index in [0.717, 1.165) is 0 Å². The molecule has 1 fully saturated rings. The van der Waals surface area contributed by atoms with Crippen molar-refractivity contribution in [1.29, 1.82) is 0 Å². The SMILES string of the molecule is CC1CN(c2ccc(OC(F)(F)F)cc2N)CCO1. The second-order valence-electron chi connectivity index (χ2n) is 4.40. The van der Waals surface area contributed by atoms with E-state index >= 15 is 0 Å². The van der Waals surface area contributed by atoms with Gasteiger partial charge in [0, 0.05) is 19.2 Å². The van der Waals surface area contributed by atoms with E-state index in [1.807, 2.05) is 11.8 Å². The van der Waals surface area contributed by atoms with Crippen molar-refractivity contribution in [2.45, 2.75) is 19.4 Å². The largest absolute Gasteiger partial charge is 0.573 e. The lowest BCUT2D eigenvalue weighted by atomic mass is 10.2. The molecular formula is C12H15F3N2O2. The molecule has 0 spiro atoms. The molecule has 1 heterocycles. The lowest BCUT2D eigenvalue weighted by Gasteiger charge is -2.33. The van der Waals surface area contributed by atoms with Gasteiger partial charge in [-0.15, -0.1) is 13.2 Å². The molecule has 106 valence electrons. The highest BCUT2D eigenvalue weighted by Gasteiger charge is 2.31. The Morgan fingerprint density at radius 1 is 1.42 bits per heavy atom. The fourth-order valence-corrected chi connectivity index (χ4v) is 2.05. The smallest absolute Gasteiger partial charge is 0.406 e. The zero-order chi connectivity index (χ0) is 14.0. The van der Waals surface area contributed by atoms with Gasteiger partial charge in [0.25, 0.3) is 0 Å². The van der Waals surface area contributed by atoms with E-state index in [2.05, 4.69) is 4.74 Å². The first kappa shape index (κ1) is 13.8. The quantitative estimate of drug-likeness (QED) is 0.843. The van der Waals surface area contributed by atoms with Crippen molar-refractivity contribution < 1.29 is 22.6 Å². The third kappa shape index (κ3) is 3.66. The van der Waals surface area contributed by atoms with Gasteiger partial charge in [-0.25, -0.2) is 0 Å². The third-order valence-electron chi connectivity index (χ3n) is 2.81. The van der Waals surface area contributed by atoms with E-state index in [4.69, 9.17) is 10.5 Å². The Balaban J connectivity index is 2.15. The normalized spacial score (nSPS) is 20.4. The summed E-state index contributed by atoms with van der Waals surface area (Å²) in [5.74, 6) is -0.310. The molecule has 19 heavy (non-hydrogen) atoms. The summed E-state index contributed by atoms with van der Waals surface area (Å²) in [4.78, 5) is 1.99. The molecule has 1 unspecified atom stereocenters. The standard InChI is InChI=1S/C12H15F3N2O2/c1-8-7-17(4-5-18-8)11-3-2-9(6-10(11)16)19-12(13,14)15/h2-3,6,8H,4-5,7,16H2,1H3. The van der Waals surface area contributed by atoms with Crippen molar-refractivity contribution in [2.75, 3.05) is 30.3 Å². The van der Waals surface area contributed by atoms with Gasteiger partial charge in [0.05, 0.1) is 24.1 Å². The van der Waals surface area contributed by atoms with Crippen LogP contribution in [0, 0.1) is 0 Å². The van der Waals surface area contributed by atoms with Gasteiger partial charge in [0.2, 0.25) is 0 Å². The molecule has 1 atom stereocenters. The molecule has 2 rings (SSSR count). The average Bonchev–Trinajstić information content (AvgIpc) is 2.26. The van der Waals surface area contributed by atoms with E-state index in [0.29, 0.717) is 25.4 Å². The third-order valence-corrected chi connectivity index (χ3v) is 2.81. The maximum absolute atomic E-state index is 12.1. The number of rotatable bonds is 2. The minimum atomic E-state index is -4.71. The van der Waals surface area contributed by atoms with Gasteiger partial charge in [-0.1, -0.05) is 0 Å². The molecule has 1 aliphatic heterocycles. The molecule has 0 saturated carbocycles. The van der Waals surface area contributed by atoms with Gasteiger partial charge in [0.1, 0.15) is 5.75 Å². The molecule has 0 aliphatic carbocycles. The molecular weight excluding hydrogens is 261 g/mol. The number of morpholine rings is 1. The number of hydrogen-bond donors (Lipinski definition) is 1. The number of hydrogen-bond acceptors (Lipinski definition) is 4. The average molecular weight is 276 g/mol. The number of benzene rings is 1. The van der Waals surface area contributed by atoms with E-state index in [9.17, 15) is 13.2 Å². The van der Waals surface area contributed by atoms with Crippen molar-refractivity contribution in [2.24, 2.45) is 0 Å². The van der Waals surface area contributed by atoms with E-state index < -0.39 is 6.36 Å². The van der Waals surface area contributed by atoms with Crippen molar-refractivity contribution in [3.8, 4) is 5.75 Å². The molecule has 0 amide bonds. The maximum Gasteiger partial charge on any atom is 0.573 e. The second-order valence-corrected chi connectivity index (χ2v) is 4.40. The number of alkyl halides is 3. The number of ether oxygens (including phenoxy) is 2. The Hall–Kier alpha value is -1.63. The van der Waals surface area contributed by atoms with Crippen molar-refractivity contribution in [3.05, 3.63) is 18.2 Å². The van der Waals surface area contributed by atoms with E-state index in [1.165, 1.54) is 18.2 Å². The minimum Gasteiger partial charge on any atom is -0.406 e. The molecule has 1 aromatic rings. The van der Waals surface area contributed by atoms with Crippen molar-refractivity contribution in [1.82, 2.24) is 0 Å². The van der Waals surface area contributed by atoms with Gasteiger partial charge >= 0.3 is 6.36 Å². The number of halogens is 3. The van der Waals surface area contributed by atoms with Crippen LogP contribution in [-0.4, -0.2) is 32.2 Å². The minimum absolute atomic E-state index is 0.0688. The first-order valence-corrected chi connectivity index (χ1v) is 5.87. The summed E-state index contributed by atoms with van der Waals surface area (Å²) in [6.07, 6.45) is -4.64. The van der Waals surface area contributed by atoms with E-state index in [-0.39, 0.29) is 17.5 Å². The Morgan fingerprint density at radius 2 is 2.16 bits per heavy atom. The highest BCUT2D eigenvalue weighted by Crippen LogP contribution is 2.31. The summed E-state index contributed by atoms with van der Waals surface area (Å²) < 4.78 is 45.5. The van der Waals surface area contributed by atoms with Gasteiger partial charge in [0.15, 0.2) is 0 Å². The number of nitrogens with zero attached hydrogens (tertiary/aromatic N) is 1. The van der Waals surface area contributed by atoms with Crippen LogP contribution in [0.15, 0.2) is 18.2 Å². The van der Waals surface area contributed by atoms with Gasteiger partial charge in [-0.05, 0) is 19.1 Å². The zero-order valence-corrected chi connectivity index (χ0v) is 10.4. The molecule has 0 aromatic heterocycles. The van der Waals surface area contributed by atoms with Gasteiger partial charge < -0.3 is 20.1 Å². The molecule has 0 radical (unpaired) electrons. The summed E-state index contributed by atoms with van der Waals surface area (Å²) in [6.45, 7) is 3.82. The van der Waals surface area contributed by atoms with E-state index in [1.54, 1.807) is 0 Å². The molecule has 1 saturated heterocycles. The topological polar surface area (TPSA) is 47.7 Å². The summed E-state index contributed by atoms with van der Waals surface area (Å²) in [6, 6.07) is 3.98. The predicted octanol–water partition coefficient (Wildman–Crippen LogP) is 2.39. The molecule has 4 nitrogen and oxygen atoms in total. The van der Waals surface area contributed by atoms with Crippen LogP contribution >= 0.6 is 0 Å². The highest BCUT2D eigenvalue weighted by molar-refractivity contribution is 5.69. The van der Waals surface area contributed by atoms with Crippen molar-refractivity contribution >= 4 is 11.4 Å². The summed E-state index contributed by atoms with van der Waals surface area (Å²) >= 11 is 0. The van der Waals surface area contributed by atoms with Crippen molar-refractivity contribution in [3.63, 3.8) is 0 Å². The lowest BCUT2D eigenvalue weighted by Crippen LogP contribution is -2.41. The summed E-state index contributed by atoms with van der Waals surface area (Å²) in [5.41, 5.74) is 6.75. The lowest BCUT2D eigenvalue weighted by molar-refractivity contribution is -0.274. The maximum atomic E-state index is 12.1. The van der Waals surface area contributed by atoms with Gasteiger partial charge in [-0.2, -0.15) is 0 Å². The summed E-state index contributed by atoms with van der Waals surface area (Å²) in [5, 5.41) is 0. The van der Waals surface area contributed by atoms with Gasteiger partial charge in [-0.3, -0.25) is 0 Å². The predicted molar refractivity (Wildman–Crippen MR) is 65.2 cm³/mol. The zero-order valence-electron chi connectivity index (χ0n) is 10.4. The number of anilines is 2. The summed E-state index contributed by atoms with van der Waals surface area (Å²) in [7, 11) is 0. The van der Waals surface area contributed by atoms with Crippen LogP contribution in [0.25, 0.3) is 0 Å². The van der Waals surface area contributed by atoms with Crippen LogP contribution in [0.1, 0.15) is 6.92 Å².